The van der Waals surface area contributed by atoms with Crippen LogP contribution in [0.3, 0.4) is 0 Å². The fraction of sp³-hybridized carbons (Fsp3) is 0.235. The quantitative estimate of drug-likeness (QED) is 0.783. The molecule has 0 aliphatic heterocycles. The molecule has 1 heterocycles. The second kappa shape index (κ2) is 5.47. The normalized spacial score (nSPS) is 12.7. The molecule has 3 nitrogen and oxygen atoms in total. The first-order valence-corrected chi connectivity index (χ1v) is 6.94. The van der Waals surface area contributed by atoms with Crippen LogP contribution >= 0.6 is 0 Å². The van der Waals surface area contributed by atoms with Gasteiger partial charge in [-0.25, -0.2) is 0 Å². The lowest BCUT2D eigenvalue weighted by atomic mass is 10.1. The van der Waals surface area contributed by atoms with Gasteiger partial charge in [-0.2, -0.15) is 5.10 Å². The third kappa shape index (κ3) is 2.45. The average molecular weight is 265 g/mol. The molecule has 3 heteroatoms. The van der Waals surface area contributed by atoms with Crippen molar-refractivity contribution < 1.29 is 0 Å². The molecule has 1 atom stereocenters. The minimum absolute atomic E-state index is 0.317. The number of nitrogens with zero attached hydrogens (tertiary/aromatic N) is 2. The van der Waals surface area contributed by atoms with Crippen molar-refractivity contribution in [1.82, 2.24) is 15.1 Å². The third-order valence-electron chi connectivity index (χ3n) is 3.71. The van der Waals surface area contributed by atoms with Crippen molar-refractivity contribution in [2.24, 2.45) is 7.05 Å². The number of para-hydroxylation sites is 1. The fourth-order valence-electron chi connectivity index (χ4n) is 2.53. The van der Waals surface area contributed by atoms with E-state index >= 15 is 0 Å². The zero-order chi connectivity index (χ0) is 13.9. The van der Waals surface area contributed by atoms with Crippen molar-refractivity contribution in [3.05, 3.63) is 65.9 Å². The summed E-state index contributed by atoms with van der Waals surface area (Å²) in [5.74, 6) is 0. The maximum absolute atomic E-state index is 4.61. The van der Waals surface area contributed by atoms with Gasteiger partial charge in [0.15, 0.2) is 0 Å². The zero-order valence-corrected chi connectivity index (χ0v) is 11.9. The van der Waals surface area contributed by atoms with Crippen molar-refractivity contribution in [2.75, 3.05) is 0 Å². The molecule has 0 unspecified atom stereocenters. The Morgan fingerprint density at radius 3 is 2.55 bits per heavy atom. The molecule has 0 radical (unpaired) electrons. The van der Waals surface area contributed by atoms with Gasteiger partial charge in [0.05, 0.1) is 11.2 Å². The predicted molar refractivity (Wildman–Crippen MR) is 82.4 cm³/mol. The van der Waals surface area contributed by atoms with E-state index in [2.05, 4.69) is 59.8 Å². The predicted octanol–water partition coefficient (Wildman–Crippen LogP) is 3.42. The van der Waals surface area contributed by atoms with Crippen molar-refractivity contribution in [2.45, 2.75) is 19.5 Å². The minimum Gasteiger partial charge on any atom is -0.304 e. The van der Waals surface area contributed by atoms with Gasteiger partial charge < -0.3 is 5.32 Å². The summed E-state index contributed by atoms with van der Waals surface area (Å²) in [4.78, 5) is 0. The second-order valence-electron chi connectivity index (χ2n) is 5.10. The van der Waals surface area contributed by atoms with Crippen LogP contribution in [-0.4, -0.2) is 9.78 Å². The topological polar surface area (TPSA) is 29.9 Å². The highest BCUT2D eigenvalue weighted by Crippen LogP contribution is 2.18. The SMILES string of the molecule is C[C@H](NCc1nn(C)c2ccccc12)c1ccccc1. The van der Waals surface area contributed by atoms with Crippen LogP contribution in [0.25, 0.3) is 10.9 Å². The molecule has 20 heavy (non-hydrogen) atoms. The van der Waals surface area contributed by atoms with E-state index in [4.69, 9.17) is 0 Å². The molecule has 0 aliphatic rings. The van der Waals surface area contributed by atoms with Crippen LogP contribution in [0.2, 0.25) is 0 Å². The van der Waals surface area contributed by atoms with Gasteiger partial charge in [0.1, 0.15) is 0 Å². The van der Waals surface area contributed by atoms with Gasteiger partial charge in [-0.1, -0.05) is 48.5 Å². The Bertz CT molecular complexity index is 701. The Morgan fingerprint density at radius 1 is 1.05 bits per heavy atom. The Kier molecular flexibility index (Phi) is 3.52. The van der Waals surface area contributed by atoms with Crippen LogP contribution in [-0.2, 0) is 13.6 Å². The molecule has 1 aromatic heterocycles. The van der Waals surface area contributed by atoms with Gasteiger partial charge in [-0.15, -0.1) is 0 Å². The molecule has 0 amide bonds. The van der Waals surface area contributed by atoms with Crippen LogP contribution in [0.1, 0.15) is 24.2 Å². The molecule has 0 aliphatic carbocycles. The first kappa shape index (κ1) is 12.9. The molecule has 0 saturated heterocycles. The lowest BCUT2D eigenvalue weighted by Crippen LogP contribution is -2.18. The van der Waals surface area contributed by atoms with Gasteiger partial charge in [-0.05, 0) is 18.6 Å². The maximum Gasteiger partial charge on any atom is 0.0841 e. The summed E-state index contributed by atoms with van der Waals surface area (Å²) in [7, 11) is 1.99. The second-order valence-corrected chi connectivity index (χ2v) is 5.10. The standard InChI is InChI=1S/C17H19N3/c1-13(14-8-4-3-5-9-14)18-12-16-15-10-6-7-11-17(15)20(2)19-16/h3-11,13,18H,12H2,1-2H3/t13-/m0/s1. The summed E-state index contributed by atoms with van der Waals surface area (Å²) < 4.78 is 1.94. The minimum atomic E-state index is 0.317. The summed E-state index contributed by atoms with van der Waals surface area (Å²) in [6, 6.07) is 19.1. The maximum atomic E-state index is 4.61. The first-order chi connectivity index (χ1) is 9.75. The third-order valence-corrected chi connectivity index (χ3v) is 3.71. The van der Waals surface area contributed by atoms with Crippen molar-refractivity contribution >= 4 is 10.9 Å². The molecule has 0 spiro atoms. The lowest BCUT2D eigenvalue weighted by molar-refractivity contribution is 0.564. The molecule has 3 rings (SSSR count). The van der Waals surface area contributed by atoms with Gasteiger partial charge in [-0.3, -0.25) is 4.68 Å². The molecule has 0 bridgehead atoms. The van der Waals surface area contributed by atoms with Gasteiger partial charge in [0, 0.05) is 25.0 Å². The lowest BCUT2D eigenvalue weighted by Gasteiger charge is -2.13. The van der Waals surface area contributed by atoms with Crippen LogP contribution in [0.4, 0.5) is 0 Å². The highest BCUT2D eigenvalue weighted by molar-refractivity contribution is 5.81. The molecule has 3 aromatic rings. The van der Waals surface area contributed by atoms with Crippen LogP contribution in [0, 0.1) is 0 Å². The average Bonchev–Trinajstić information content (AvgIpc) is 2.83. The smallest absolute Gasteiger partial charge is 0.0841 e. The molecule has 102 valence electrons. The molecular weight excluding hydrogens is 246 g/mol. The summed E-state index contributed by atoms with van der Waals surface area (Å²) in [5, 5.41) is 9.38. The Morgan fingerprint density at radius 2 is 1.75 bits per heavy atom. The van der Waals surface area contributed by atoms with Crippen LogP contribution < -0.4 is 5.32 Å². The van der Waals surface area contributed by atoms with Crippen LogP contribution in [0.5, 0.6) is 0 Å². The summed E-state index contributed by atoms with van der Waals surface area (Å²) in [6.07, 6.45) is 0. The van der Waals surface area contributed by atoms with E-state index in [1.807, 2.05) is 23.9 Å². The molecule has 2 aromatic carbocycles. The van der Waals surface area contributed by atoms with E-state index in [1.54, 1.807) is 0 Å². The zero-order valence-electron chi connectivity index (χ0n) is 11.9. The summed E-state index contributed by atoms with van der Waals surface area (Å²) in [6.45, 7) is 2.96. The van der Waals surface area contributed by atoms with E-state index in [0.717, 1.165) is 12.2 Å². The van der Waals surface area contributed by atoms with E-state index in [9.17, 15) is 0 Å². The molecule has 0 saturated carbocycles. The monoisotopic (exact) mass is 265 g/mol. The summed E-state index contributed by atoms with van der Waals surface area (Å²) >= 11 is 0. The van der Waals surface area contributed by atoms with Crippen molar-refractivity contribution in [3.63, 3.8) is 0 Å². The fourth-order valence-corrected chi connectivity index (χ4v) is 2.53. The summed E-state index contributed by atoms with van der Waals surface area (Å²) in [5.41, 5.74) is 3.58. The Balaban J connectivity index is 1.77. The van der Waals surface area contributed by atoms with Crippen molar-refractivity contribution in [3.8, 4) is 0 Å². The van der Waals surface area contributed by atoms with E-state index < -0.39 is 0 Å². The number of aromatic nitrogens is 2. The van der Waals surface area contributed by atoms with E-state index in [1.165, 1.54) is 16.5 Å². The Labute approximate surface area is 119 Å². The molecular formula is C17H19N3. The number of rotatable bonds is 4. The van der Waals surface area contributed by atoms with E-state index in [-0.39, 0.29) is 0 Å². The Hall–Kier alpha value is -2.13. The van der Waals surface area contributed by atoms with Crippen molar-refractivity contribution in [1.29, 1.82) is 0 Å². The van der Waals surface area contributed by atoms with E-state index in [0.29, 0.717) is 6.04 Å². The molecule has 1 N–H and O–H groups in total. The number of hydrogen-bond acceptors (Lipinski definition) is 2. The van der Waals surface area contributed by atoms with Gasteiger partial charge in [0.2, 0.25) is 0 Å². The number of benzene rings is 2. The highest BCUT2D eigenvalue weighted by atomic mass is 15.3. The van der Waals surface area contributed by atoms with Crippen LogP contribution in [0.15, 0.2) is 54.6 Å². The first-order valence-electron chi connectivity index (χ1n) is 6.94. The molecule has 0 fully saturated rings. The highest BCUT2D eigenvalue weighted by Gasteiger charge is 2.09. The number of nitrogens with one attached hydrogen (secondary N) is 1. The number of hydrogen-bond donors (Lipinski definition) is 1. The van der Waals surface area contributed by atoms with Gasteiger partial charge in [0.25, 0.3) is 0 Å². The largest absolute Gasteiger partial charge is 0.304 e. The number of fused-ring (bicyclic) bond motifs is 1. The van der Waals surface area contributed by atoms with Gasteiger partial charge >= 0.3 is 0 Å². The number of aryl methyl sites for hydroxylation is 1.